The van der Waals surface area contributed by atoms with E-state index in [1.807, 2.05) is 0 Å². The maximum atomic E-state index is 12.2. The molecule has 1 aromatic rings. The van der Waals surface area contributed by atoms with Crippen LogP contribution in [-0.4, -0.2) is 41.9 Å². The number of halogens is 1. The third kappa shape index (κ3) is 3.17. The van der Waals surface area contributed by atoms with Crippen LogP contribution in [0.15, 0.2) is 47.6 Å². The fraction of sp³-hybridized carbons (Fsp3) is 0.667. The van der Waals surface area contributed by atoms with E-state index in [-0.39, 0.29) is 11.0 Å². The fourth-order valence-electron chi connectivity index (χ4n) is 9.47. The van der Waals surface area contributed by atoms with Crippen LogP contribution in [0.1, 0.15) is 76.2 Å². The van der Waals surface area contributed by atoms with E-state index < -0.39 is 11.4 Å². The molecule has 0 radical (unpaired) electrons. The number of fused-ring (bicyclic) bond motifs is 5. The minimum absolute atomic E-state index is 0.0754. The van der Waals surface area contributed by atoms with Gasteiger partial charge in [-0.05, 0) is 108 Å². The number of benzene rings is 1. The van der Waals surface area contributed by atoms with Crippen LogP contribution in [-0.2, 0) is 14.2 Å². The molecule has 1 aromatic carbocycles. The van der Waals surface area contributed by atoms with Crippen LogP contribution >= 0.6 is 22.6 Å². The van der Waals surface area contributed by atoms with Crippen LogP contribution < -0.4 is 0 Å². The number of allylic oxidation sites excluding steroid dienone is 1. The second-order valence-electron chi connectivity index (χ2n) is 12.3. The zero-order valence-corrected chi connectivity index (χ0v) is 22.9. The lowest BCUT2D eigenvalue weighted by Gasteiger charge is -2.58. The van der Waals surface area contributed by atoms with Crippen molar-refractivity contribution in [3.63, 3.8) is 0 Å². The summed E-state index contributed by atoms with van der Waals surface area (Å²) in [7, 11) is 0. The molecule has 6 aliphatic rings. The van der Waals surface area contributed by atoms with Gasteiger partial charge >= 0.3 is 0 Å². The largest absolute Gasteiger partial charge is 0.385 e. The molecular formula is C30H37IO4. The van der Waals surface area contributed by atoms with Gasteiger partial charge in [0.1, 0.15) is 0 Å². The Bertz CT molecular complexity index is 1090. The first-order chi connectivity index (χ1) is 16.8. The van der Waals surface area contributed by atoms with Gasteiger partial charge in [0.25, 0.3) is 0 Å². The highest BCUT2D eigenvalue weighted by molar-refractivity contribution is 14.1. The number of rotatable bonds is 1. The van der Waals surface area contributed by atoms with Crippen molar-refractivity contribution in [2.24, 2.45) is 17.3 Å². The standard InChI is InChI=1S/C30H37IO4/c1-19-10-14-35-30(19)13-9-24-22-7-11-28(32)18-29(33-15-16-34-29)12-8-25(28)26(22)23(17-27(24,30)2)20-3-5-21(31)6-4-20/h3-6,22-24,32H,1,7-18H2,2H3/t22?,23-,24?,27+,28-,30?/m1/s1. The zero-order valence-electron chi connectivity index (χ0n) is 20.8. The molecule has 3 unspecified atom stereocenters. The van der Waals surface area contributed by atoms with Gasteiger partial charge in [-0.2, -0.15) is 0 Å². The van der Waals surface area contributed by atoms with Crippen molar-refractivity contribution < 1.29 is 19.3 Å². The van der Waals surface area contributed by atoms with Crippen molar-refractivity contribution in [2.75, 3.05) is 19.8 Å². The van der Waals surface area contributed by atoms with E-state index in [2.05, 4.69) is 60.4 Å². The van der Waals surface area contributed by atoms with Gasteiger partial charge in [-0.15, -0.1) is 0 Å². The molecule has 4 aliphatic carbocycles. The summed E-state index contributed by atoms with van der Waals surface area (Å²) >= 11 is 2.40. The smallest absolute Gasteiger partial charge is 0.171 e. The Morgan fingerprint density at radius 3 is 2.46 bits per heavy atom. The highest BCUT2D eigenvalue weighted by Crippen LogP contribution is 2.70. The van der Waals surface area contributed by atoms with Gasteiger partial charge in [0.05, 0.1) is 31.0 Å². The topological polar surface area (TPSA) is 47.9 Å². The molecule has 2 aliphatic heterocycles. The highest BCUT2D eigenvalue weighted by Gasteiger charge is 2.67. The van der Waals surface area contributed by atoms with Crippen LogP contribution in [0.5, 0.6) is 0 Å². The van der Waals surface area contributed by atoms with Crippen LogP contribution in [0.2, 0.25) is 0 Å². The predicted molar refractivity (Wildman–Crippen MR) is 143 cm³/mol. The Labute approximate surface area is 222 Å². The molecule has 1 N–H and O–H groups in total. The van der Waals surface area contributed by atoms with E-state index in [9.17, 15) is 5.11 Å². The highest BCUT2D eigenvalue weighted by atomic mass is 127. The Morgan fingerprint density at radius 1 is 0.971 bits per heavy atom. The summed E-state index contributed by atoms with van der Waals surface area (Å²) in [4.78, 5) is 0. The van der Waals surface area contributed by atoms with Crippen molar-refractivity contribution in [1.82, 2.24) is 0 Å². The summed E-state index contributed by atoms with van der Waals surface area (Å²) in [5.41, 5.74) is 4.67. The zero-order chi connectivity index (χ0) is 24.1. The third-order valence-electron chi connectivity index (χ3n) is 10.9. The van der Waals surface area contributed by atoms with Gasteiger partial charge in [0.2, 0.25) is 0 Å². The van der Waals surface area contributed by atoms with E-state index in [1.54, 1.807) is 5.57 Å². The molecule has 5 heteroatoms. The van der Waals surface area contributed by atoms with E-state index in [1.165, 1.54) is 26.7 Å². The molecule has 6 atom stereocenters. The van der Waals surface area contributed by atoms with Crippen molar-refractivity contribution >= 4 is 22.6 Å². The van der Waals surface area contributed by atoms with Gasteiger partial charge in [-0.3, -0.25) is 0 Å². The number of ether oxygens (including phenoxy) is 3. The molecule has 4 nitrogen and oxygen atoms in total. The van der Waals surface area contributed by atoms with E-state index in [0.29, 0.717) is 37.4 Å². The fourth-order valence-corrected chi connectivity index (χ4v) is 9.82. The first-order valence-corrected chi connectivity index (χ1v) is 14.7. The lowest BCUT2D eigenvalue weighted by molar-refractivity contribution is -0.208. The lowest BCUT2D eigenvalue weighted by atomic mass is 9.49. The van der Waals surface area contributed by atoms with Crippen LogP contribution in [0.25, 0.3) is 0 Å². The van der Waals surface area contributed by atoms with Gasteiger partial charge < -0.3 is 19.3 Å². The molecule has 5 fully saturated rings. The molecule has 7 rings (SSSR count). The molecule has 2 heterocycles. The Hall–Kier alpha value is -0.730. The quantitative estimate of drug-likeness (QED) is 0.310. The number of hydrogen-bond donors (Lipinski definition) is 1. The Kier molecular flexibility index (Phi) is 5.27. The first kappa shape index (κ1) is 23.4. The molecule has 188 valence electrons. The summed E-state index contributed by atoms with van der Waals surface area (Å²) in [6, 6.07) is 9.14. The summed E-state index contributed by atoms with van der Waals surface area (Å²) in [6.07, 6.45) is 8.52. The second kappa shape index (κ2) is 7.89. The van der Waals surface area contributed by atoms with E-state index in [0.717, 1.165) is 51.6 Å². The third-order valence-corrected chi connectivity index (χ3v) is 11.7. The lowest BCUT2D eigenvalue weighted by Crippen LogP contribution is -2.55. The molecule has 35 heavy (non-hydrogen) atoms. The van der Waals surface area contributed by atoms with Crippen molar-refractivity contribution in [3.8, 4) is 0 Å². The first-order valence-electron chi connectivity index (χ1n) is 13.6. The van der Waals surface area contributed by atoms with E-state index in [4.69, 9.17) is 14.2 Å². The normalized spacial score (nSPS) is 44.1. The van der Waals surface area contributed by atoms with Gasteiger partial charge in [0, 0.05) is 27.7 Å². The minimum atomic E-state index is -0.812. The molecule has 0 aromatic heterocycles. The van der Waals surface area contributed by atoms with Crippen molar-refractivity contribution in [2.45, 2.75) is 87.6 Å². The van der Waals surface area contributed by atoms with Crippen molar-refractivity contribution in [3.05, 3.63) is 56.7 Å². The average molecular weight is 589 g/mol. The maximum absolute atomic E-state index is 12.2. The number of hydrogen-bond acceptors (Lipinski definition) is 4. The Morgan fingerprint density at radius 2 is 1.74 bits per heavy atom. The van der Waals surface area contributed by atoms with Crippen LogP contribution in [0.3, 0.4) is 0 Å². The van der Waals surface area contributed by atoms with Crippen LogP contribution in [0, 0.1) is 20.8 Å². The molecule has 0 amide bonds. The van der Waals surface area contributed by atoms with Gasteiger partial charge in [-0.25, -0.2) is 0 Å². The molecule has 2 spiro atoms. The summed E-state index contributed by atoms with van der Waals surface area (Å²) < 4.78 is 20.1. The SMILES string of the molecule is C=C1CCOC12CCC1C3CC[C@@]4(O)CC5(CCC4=C3[C@@H](c3ccc(I)cc3)C[C@@]12C)OCCO5. The maximum Gasteiger partial charge on any atom is 0.171 e. The van der Waals surface area contributed by atoms with Crippen molar-refractivity contribution in [1.29, 1.82) is 0 Å². The van der Waals surface area contributed by atoms with Gasteiger partial charge in [-0.1, -0.05) is 31.2 Å². The molecule has 0 bridgehead atoms. The monoisotopic (exact) mass is 588 g/mol. The predicted octanol–water partition coefficient (Wildman–Crippen LogP) is 6.27. The summed E-state index contributed by atoms with van der Waals surface area (Å²) in [6.45, 7) is 9.16. The Balaban J connectivity index is 1.37. The molecular weight excluding hydrogens is 551 g/mol. The van der Waals surface area contributed by atoms with Gasteiger partial charge in [0.15, 0.2) is 5.79 Å². The number of aliphatic hydroxyl groups is 1. The average Bonchev–Trinajstić information content (AvgIpc) is 3.52. The molecule has 3 saturated carbocycles. The molecule has 2 saturated heterocycles. The summed E-state index contributed by atoms with van der Waals surface area (Å²) in [5.74, 6) is 0.815. The second-order valence-corrected chi connectivity index (χ2v) is 13.5. The van der Waals surface area contributed by atoms with E-state index >= 15 is 0 Å². The van der Waals surface area contributed by atoms with Crippen LogP contribution in [0.4, 0.5) is 0 Å². The summed E-state index contributed by atoms with van der Waals surface area (Å²) in [5, 5.41) is 12.2. The minimum Gasteiger partial charge on any atom is -0.385 e.